The summed E-state index contributed by atoms with van der Waals surface area (Å²) >= 11 is 0. The van der Waals surface area contributed by atoms with Crippen molar-refractivity contribution >= 4 is 26.6 Å². The summed E-state index contributed by atoms with van der Waals surface area (Å²) < 4.78 is 2.95. The van der Waals surface area contributed by atoms with Crippen LogP contribution in [0.2, 0.25) is 65.9 Å². The van der Waals surface area contributed by atoms with E-state index >= 15 is 0 Å². The van der Waals surface area contributed by atoms with Crippen molar-refractivity contribution in [1.82, 2.24) is 10.6 Å². The van der Waals surface area contributed by atoms with Crippen molar-refractivity contribution in [3.8, 4) is 0 Å². The number of hydrogen-bond donors (Lipinski definition) is 2. The van der Waals surface area contributed by atoms with E-state index in [2.05, 4.69) is 48.8 Å². The molecule has 2 nitrogen and oxygen atoms in total. The number of hydrogen-bond acceptors (Lipinski definition) is 2. The van der Waals surface area contributed by atoms with E-state index in [0.717, 1.165) is 53.5 Å². The van der Waals surface area contributed by atoms with Crippen molar-refractivity contribution in [3.05, 3.63) is 0 Å². The molecular formula is C33H52FeN2P2Si. The first kappa shape index (κ1) is 21.3. The average Bonchev–Trinajstić information content (AvgIpc) is 3.72. The molecule has 16 rings (SSSR count). The van der Waals surface area contributed by atoms with Crippen molar-refractivity contribution < 1.29 is 6.51 Å². The predicted molar refractivity (Wildman–Crippen MR) is 166 cm³/mol. The monoisotopic (exact) mass is 622 g/mol. The Kier molecular flexibility index (Phi) is 1.74. The molecule has 12 aliphatic heterocycles. The summed E-state index contributed by atoms with van der Waals surface area (Å²) in [7, 11) is 6.41. The van der Waals surface area contributed by atoms with Crippen molar-refractivity contribution in [2.24, 2.45) is 40.9 Å². The Morgan fingerprint density at radius 2 is 1.31 bits per heavy atom. The Morgan fingerprint density at radius 3 is 1.69 bits per heavy atom. The summed E-state index contributed by atoms with van der Waals surface area (Å²) in [6.45, 7) is 10.3. The van der Waals surface area contributed by atoms with Gasteiger partial charge in [0, 0.05) is 0 Å². The molecule has 4 aliphatic carbocycles. The Bertz CT molecular complexity index is 1720. The van der Waals surface area contributed by atoms with E-state index in [1.165, 1.54) is 78.9 Å². The van der Waals surface area contributed by atoms with Gasteiger partial charge in [0.15, 0.2) is 0 Å². The molecule has 0 aromatic heterocycles. The first-order valence-electron chi connectivity index (χ1n) is 17.6. The van der Waals surface area contributed by atoms with Gasteiger partial charge < -0.3 is 0 Å². The molecule has 16 fully saturated rings. The van der Waals surface area contributed by atoms with Gasteiger partial charge in [-0.3, -0.25) is 0 Å². The van der Waals surface area contributed by atoms with Crippen molar-refractivity contribution in [1.29, 1.82) is 0 Å². The summed E-state index contributed by atoms with van der Waals surface area (Å²) in [5, 5.41) is 8.59. The Labute approximate surface area is 232 Å². The SMILES string of the molecule is C[Si](C)(C)[C]12[CH]3[C]4(C(P)(C5CCNC5)C5CCNC5)[C]5(C6(CP)C7CC8CC(C7)CC6C8)[CH]1[Fe]34521678[CH]2[CH]1[CH]6[CH]7[CH]28. The summed E-state index contributed by atoms with van der Waals surface area (Å²) in [5.41, 5.74) is 0.780. The molecule has 12 saturated heterocycles. The van der Waals surface area contributed by atoms with Gasteiger partial charge in [0.2, 0.25) is 0 Å². The van der Waals surface area contributed by atoms with Crippen LogP contribution in [0, 0.1) is 40.9 Å². The van der Waals surface area contributed by atoms with Gasteiger partial charge in [0.05, 0.1) is 0 Å². The fourth-order valence-electron chi connectivity index (χ4n) is 29.7. The van der Waals surface area contributed by atoms with E-state index < -0.39 is 14.6 Å². The first-order chi connectivity index (χ1) is 18.5. The van der Waals surface area contributed by atoms with Crippen LogP contribution in [0.1, 0.15) is 44.9 Å². The third-order valence-electron chi connectivity index (χ3n) is 25.8. The van der Waals surface area contributed by atoms with Crippen LogP contribution in [0.5, 0.6) is 0 Å². The number of rotatable bonds is 6. The fourth-order valence-corrected chi connectivity index (χ4v) is 142. The van der Waals surface area contributed by atoms with E-state index in [1.807, 2.05) is 0 Å². The fraction of sp³-hybridized carbons (Fsp3) is 1.00. The van der Waals surface area contributed by atoms with Crippen molar-refractivity contribution in [3.63, 3.8) is 0 Å². The molecule has 2 N–H and O–H groups in total. The second-order valence-electron chi connectivity index (χ2n) is 22.0. The van der Waals surface area contributed by atoms with E-state index in [1.54, 1.807) is 32.1 Å². The maximum atomic E-state index is 4.05. The molecule has 16 aliphatic rings. The van der Waals surface area contributed by atoms with E-state index in [-0.39, 0.29) is 0 Å². The molecule has 9 atom stereocenters. The van der Waals surface area contributed by atoms with E-state index in [9.17, 15) is 0 Å². The van der Waals surface area contributed by atoms with Gasteiger partial charge >= 0.3 is 233 Å². The van der Waals surface area contributed by atoms with Crippen LogP contribution in [-0.2, 0) is 6.51 Å². The molecule has 0 radical (unpaired) electrons. The van der Waals surface area contributed by atoms with E-state index in [0.29, 0.717) is 5.16 Å². The molecule has 216 valence electrons. The molecule has 12 heterocycles. The summed E-state index contributed by atoms with van der Waals surface area (Å²) in [4.78, 5) is 9.90. The third-order valence-corrected chi connectivity index (χ3v) is 81.0. The Morgan fingerprint density at radius 1 is 0.795 bits per heavy atom. The summed E-state index contributed by atoms with van der Waals surface area (Å²) in [5.74, 6) is 6.46. The van der Waals surface area contributed by atoms with Crippen molar-refractivity contribution in [2.75, 3.05) is 32.3 Å². The molecule has 9 unspecified atom stereocenters. The summed E-state index contributed by atoms with van der Waals surface area (Å²) in [6.07, 6.45) is 12.9. The van der Waals surface area contributed by atoms with Crippen LogP contribution in [0.15, 0.2) is 0 Å². The molecule has 0 aromatic rings. The molecule has 0 aromatic carbocycles. The zero-order chi connectivity index (χ0) is 25.7. The first-order valence-corrected chi connectivity index (χ1v) is 28.6. The minimum absolute atomic E-state index is 0.582. The van der Waals surface area contributed by atoms with Crippen LogP contribution >= 0.6 is 18.5 Å². The molecule has 1 spiro atoms. The molecule has 4 saturated carbocycles. The van der Waals surface area contributed by atoms with Crippen LogP contribution in [0.3, 0.4) is 0 Å². The van der Waals surface area contributed by atoms with E-state index in [4.69, 9.17) is 0 Å². The minimum atomic E-state index is -3.99. The van der Waals surface area contributed by atoms with Crippen LogP contribution in [0.25, 0.3) is 0 Å². The summed E-state index contributed by atoms with van der Waals surface area (Å²) in [6, 6.07) is 0. The normalized spacial score (nSPS) is 88.6. The van der Waals surface area contributed by atoms with Gasteiger partial charge in [-0.15, -0.1) is 0 Å². The topological polar surface area (TPSA) is 24.1 Å². The second kappa shape index (κ2) is 3.19. The number of nitrogens with one attached hydrogen (secondary N) is 2. The predicted octanol–water partition coefficient (Wildman–Crippen LogP) is 7.51. The van der Waals surface area contributed by atoms with Gasteiger partial charge in [0.25, 0.3) is 0 Å². The Hall–Kier alpha value is 1.52. The molecule has 0 amide bonds. The standard InChI is InChI=1S/C28H47N2P2Si.C5H5.Fe/c1-33(2,3)24-13-25(27(17-31)22-9-18-8-19(11-22)12-23(27)10-18)26(14-24)28(32,20-4-6-29-15-20)21-5-7-30-16-21;1-2-4-5-3-1;/h13-14,18-23,29-30H,4-12,15-17,31-32H2,1-3H3;1-5H;. The molecule has 6 heteroatoms. The quantitative estimate of drug-likeness (QED) is 0.237. The van der Waals surface area contributed by atoms with Crippen LogP contribution in [-0.4, -0.2) is 45.6 Å². The maximum absolute atomic E-state index is 4.05. The van der Waals surface area contributed by atoms with Gasteiger partial charge in [-0.2, -0.15) is 0 Å². The molecular weight excluding hydrogens is 570 g/mol. The molecule has 4 bridgehead atoms. The Balaban J connectivity index is 1.13. The van der Waals surface area contributed by atoms with Crippen LogP contribution in [0.4, 0.5) is 0 Å². The van der Waals surface area contributed by atoms with Gasteiger partial charge in [-0.25, -0.2) is 0 Å². The second-order valence-corrected chi connectivity index (χ2v) is 52.0. The van der Waals surface area contributed by atoms with Gasteiger partial charge in [0.1, 0.15) is 0 Å². The number of fused-ring (bicyclic) bond motifs is 11. The van der Waals surface area contributed by atoms with Gasteiger partial charge in [-0.1, -0.05) is 0 Å². The van der Waals surface area contributed by atoms with Crippen molar-refractivity contribution in [2.45, 2.75) is 116 Å². The van der Waals surface area contributed by atoms with Crippen LogP contribution < -0.4 is 10.6 Å². The zero-order valence-corrected chi connectivity index (χ0v) is 28.9. The van der Waals surface area contributed by atoms with Gasteiger partial charge in [-0.05, 0) is 0 Å². The third kappa shape index (κ3) is 0.512. The molecule has 39 heavy (non-hydrogen) atoms. The average molecular weight is 623 g/mol. The zero-order valence-electron chi connectivity index (χ0n) is 24.5.